The van der Waals surface area contributed by atoms with Crippen LogP contribution in [0.2, 0.25) is 0 Å². The predicted molar refractivity (Wildman–Crippen MR) is 67.4 cm³/mol. The number of anilines is 1. The average molecular weight is 246 g/mol. The van der Waals surface area contributed by atoms with E-state index >= 15 is 0 Å². The summed E-state index contributed by atoms with van der Waals surface area (Å²) in [5.74, 6) is 0.779. The minimum absolute atomic E-state index is 0.486. The molecule has 0 atom stereocenters. The lowest BCUT2D eigenvalue weighted by atomic mass is 10.0. The van der Waals surface area contributed by atoms with Crippen molar-refractivity contribution in [2.24, 2.45) is 0 Å². The highest BCUT2D eigenvalue weighted by Gasteiger charge is 2.11. The van der Waals surface area contributed by atoms with Gasteiger partial charge < -0.3 is 9.26 Å². The van der Waals surface area contributed by atoms with E-state index in [1.165, 1.54) is 7.11 Å². The summed E-state index contributed by atoms with van der Waals surface area (Å²) in [6.07, 6.45) is -0.486. The molecule has 0 spiro atoms. The number of aryl methyl sites for hydroxylation is 2. The number of methoxy groups -OCH3 is 1. The molecule has 5 nitrogen and oxygen atoms in total. The molecule has 0 aliphatic rings. The zero-order valence-corrected chi connectivity index (χ0v) is 10.5. The van der Waals surface area contributed by atoms with Gasteiger partial charge in [-0.05, 0) is 31.5 Å². The number of nitrogens with zero attached hydrogens (tertiary/aromatic N) is 1. The van der Waals surface area contributed by atoms with Crippen molar-refractivity contribution >= 4 is 11.8 Å². The smallest absolute Gasteiger partial charge is 0.411 e. The summed E-state index contributed by atoms with van der Waals surface area (Å²) in [4.78, 5) is 11.0. The molecule has 0 saturated heterocycles. The maximum absolute atomic E-state index is 11.0. The van der Waals surface area contributed by atoms with Crippen LogP contribution in [0.25, 0.3) is 11.1 Å². The number of hydrogen-bond acceptors (Lipinski definition) is 4. The van der Waals surface area contributed by atoms with E-state index < -0.39 is 6.09 Å². The van der Waals surface area contributed by atoms with Gasteiger partial charge in [0, 0.05) is 11.3 Å². The molecule has 0 aliphatic heterocycles. The van der Waals surface area contributed by atoms with E-state index in [1.54, 1.807) is 12.1 Å². The molecular formula is C13H14N2O3. The Labute approximate surface area is 105 Å². The van der Waals surface area contributed by atoms with Crippen LogP contribution in [0.5, 0.6) is 0 Å². The molecule has 0 fully saturated rings. The fourth-order valence-corrected chi connectivity index (χ4v) is 1.78. The molecule has 1 heterocycles. The van der Waals surface area contributed by atoms with Crippen molar-refractivity contribution in [2.45, 2.75) is 13.8 Å². The normalized spacial score (nSPS) is 10.2. The molecule has 1 aromatic heterocycles. The molecule has 18 heavy (non-hydrogen) atoms. The third kappa shape index (κ3) is 2.34. The third-order valence-corrected chi connectivity index (χ3v) is 2.64. The first-order valence-electron chi connectivity index (χ1n) is 5.50. The van der Waals surface area contributed by atoms with E-state index in [0.29, 0.717) is 5.69 Å². The van der Waals surface area contributed by atoms with Crippen molar-refractivity contribution in [3.8, 4) is 11.1 Å². The molecule has 1 N–H and O–H groups in total. The quantitative estimate of drug-likeness (QED) is 0.884. The zero-order valence-electron chi connectivity index (χ0n) is 10.5. The van der Waals surface area contributed by atoms with Crippen LogP contribution in [0.1, 0.15) is 11.5 Å². The summed E-state index contributed by atoms with van der Waals surface area (Å²) in [5.41, 5.74) is 3.51. The number of benzene rings is 1. The van der Waals surface area contributed by atoms with E-state index in [9.17, 15) is 4.79 Å². The molecule has 2 aromatic rings. The van der Waals surface area contributed by atoms with Gasteiger partial charge in [-0.15, -0.1) is 0 Å². The molecule has 0 saturated carbocycles. The first-order valence-corrected chi connectivity index (χ1v) is 5.50. The fourth-order valence-electron chi connectivity index (χ4n) is 1.78. The Morgan fingerprint density at radius 1 is 1.28 bits per heavy atom. The summed E-state index contributed by atoms with van der Waals surface area (Å²) in [6, 6.07) is 7.41. The summed E-state index contributed by atoms with van der Waals surface area (Å²) in [6.45, 7) is 3.77. The summed E-state index contributed by atoms with van der Waals surface area (Å²) >= 11 is 0. The Balaban J connectivity index is 2.25. The van der Waals surface area contributed by atoms with Crippen molar-refractivity contribution in [3.05, 3.63) is 35.7 Å². The number of nitrogens with one attached hydrogen (secondary N) is 1. The molecule has 0 unspecified atom stereocenters. The summed E-state index contributed by atoms with van der Waals surface area (Å²) in [5, 5.41) is 6.50. The Kier molecular flexibility index (Phi) is 3.32. The van der Waals surface area contributed by atoms with Gasteiger partial charge in [0.2, 0.25) is 0 Å². The van der Waals surface area contributed by atoms with Crippen molar-refractivity contribution in [3.63, 3.8) is 0 Å². The van der Waals surface area contributed by atoms with Gasteiger partial charge in [-0.1, -0.05) is 17.3 Å². The molecule has 0 radical (unpaired) electrons. The zero-order chi connectivity index (χ0) is 13.1. The minimum Gasteiger partial charge on any atom is -0.453 e. The molecule has 0 bridgehead atoms. The van der Waals surface area contributed by atoms with E-state index in [2.05, 4.69) is 15.2 Å². The SMILES string of the molecule is COC(=O)Nc1ccc(-c2c(C)noc2C)cc1. The number of carbonyl (C=O) groups is 1. The lowest BCUT2D eigenvalue weighted by Gasteiger charge is -2.05. The molecule has 5 heteroatoms. The van der Waals surface area contributed by atoms with Gasteiger partial charge in [-0.2, -0.15) is 0 Å². The Morgan fingerprint density at radius 2 is 1.94 bits per heavy atom. The van der Waals surface area contributed by atoms with E-state index in [-0.39, 0.29) is 0 Å². The van der Waals surface area contributed by atoms with Gasteiger partial charge in [0.1, 0.15) is 5.76 Å². The number of ether oxygens (including phenoxy) is 1. The van der Waals surface area contributed by atoms with Crippen LogP contribution >= 0.6 is 0 Å². The standard InChI is InChI=1S/C13H14N2O3/c1-8-12(9(2)18-15-8)10-4-6-11(7-5-10)14-13(16)17-3/h4-7H,1-3H3,(H,14,16). The molecule has 2 rings (SSSR count). The van der Waals surface area contributed by atoms with Crippen LogP contribution in [0.3, 0.4) is 0 Å². The second kappa shape index (κ2) is 4.91. The second-order valence-electron chi connectivity index (χ2n) is 3.89. The predicted octanol–water partition coefficient (Wildman–Crippen LogP) is 3.14. The lowest BCUT2D eigenvalue weighted by Crippen LogP contribution is -2.10. The van der Waals surface area contributed by atoms with Crippen molar-refractivity contribution in [1.82, 2.24) is 5.16 Å². The summed E-state index contributed by atoms with van der Waals surface area (Å²) in [7, 11) is 1.33. The van der Waals surface area contributed by atoms with E-state index in [1.807, 2.05) is 26.0 Å². The number of amides is 1. The van der Waals surface area contributed by atoms with Crippen LogP contribution < -0.4 is 5.32 Å². The van der Waals surface area contributed by atoms with Crippen molar-refractivity contribution < 1.29 is 14.1 Å². The number of aromatic nitrogens is 1. The van der Waals surface area contributed by atoms with Gasteiger partial charge in [0.05, 0.1) is 12.8 Å². The van der Waals surface area contributed by atoms with Gasteiger partial charge >= 0.3 is 6.09 Å². The van der Waals surface area contributed by atoms with E-state index in [4.69, 9.17) is 4.52 Å². The average Bonchev–Trinajstić information content (AvgIpc) is 2.70. The largest absolute Gasteiger partial charge is 0.453 e. The molecule has 1 amide bonds. The van der Waals surface area contributed by atoms with Gasteiger partial charge in [-0.3, -0.25) is 5.32 Å². The van der Waals surface area contributed by atoms with Crippen molar-refractivity contribution in [2.75, 3.05) is 12.4 Å². The fraction of sp³-hybridized carbons (Fsp3) is 0.231. The highest BCUT2D eigenvalue weighted by molar-refractivity contribution is 5.85. The maximum atomic E-state index is 11.0. The highest BCUT2D eigenvalue weighted by atomic mass is 16.5. The van der Waals surface area contributed by atoms with Crippen molar-refractivity contribution in [1.29, 1.82) is 0 Å². The monoisotopic (exact) mass is 246 g/mol. The molecular weight excluding hydrogens is 232 g/mol. The van der Waals surface area contributed by atoms with E-state index in [0.717, 1.165) is 22.6 Å². The summed E-state index contributed by atoms with van der Waals surface area (Å²) < 4.78 is 9.64. The Morgan fingerprint density at radius 3 is 2.44 bits per heavy atom. The van der Waals surface area contributed by atoms with Crippen LogP contribution in [-0.4, -0.2) is 18.4 Å². The topological polar surface area (TPSA) is 64.4 Å². The van der Waals surface area contributed by atoms with Crippen LogP contribution in [-0.2, 0) is 4.74 Å². The molecule has 0 aliphatic carbocycles. The number of hydrogen-bond donors (Lipinski definition) is 1. The van der Waals surface area contributed by atoms with Crippen LogP contribution in [0, 0.1) is 13.8 Å². The van der Waals surface area contributed by atoms with Crippen LogP contribution in [0.15, 0.2) is 28.8 Å². The Bertz CT molecular complexity index is 539. The lowest BCUT2D eigenvalue weighted by molar-refractivity contribution is 0.187. The third-order valence-electron chi connectivity index (χ3n) is 2.64. The van der Waals surface area contributed by atoms with Gasteiger partial charge in [0.25, 0.3) is 0 Å². The molecule has 1 aromatic carbocycles. The Hall–Kier alpha value is -2.30. The highest BCUT2D eigenvalue weighted by Crippen LogP contribution is 2.27. The number of carbonyl (C=O) groups excluding carboxylic acids is 1. The molecule has 94 valence electrons. The second-order valence-corrected chi connectivity index (χ2v) is 3.89. The maximum Gasteiger partial charge on any atom is 0.411 e. The minimum atomic E-state index is -0.486. The number of rotatable bonds is 2. The first kappa shape index (κ1) is 12.2. The first-order chi connectivity index (χ1) is 8.61. The van der Waals surface area contributed by atoms with Gasteiger partial charge in [-0.25, -0.2) is 4.79 Å². The van der Waals surface area contributed by atoms with Gasteiger partial charge in [0.15, 0.2) is 0 Å². The van der Waals surface area contributed by atoms with Crippen LogP contribution in [0.4, 0.5) is 10.5 Å².